The third-order valence-corrected chi connectivity index (χ3v) is 6.89. The maximum atomic E-state index is 11.3. The first-order valence-electron chi connectivity index (χ1n) is 13.9. The molecular formula is C26H46O14. The summed E-state index contributed by atoms with van der Waals surface area (Å²) in [4.78, 5) is 22.5. The number of esters is 2. The van der Waals surface area contributed by atoms with E-state index in [9.17, 15) is 35.1 Å². The predicted molar refractivity (Wildman–Crippen MR) is 135 cm³/mol. The van der Waals surface area contributed by atoms with Crippen LogP contribution in [-0.4, -0.2) is 130 Å². The van der Waals surface area contributed by atoms with Gasteiger partial charge in [-0.2, -0.15) is 0 Å². The molecule has 2 fully saturated rings. The Hall–Kier alpha value is -1.46. The van der Waals surface area contributed by atoms with Crippen molar-refractivity contribution in [1.29, 1.82) is 0 Å². The van der Waals surface area contributed by atoms with Crippen LogP contribution in [0, 0.1) is 0 Å². The molecular weight excluding hydrogens is 536 g/mol. The van der Waals surface area contributed by atoms with Crippen molar-refractivity contribution in [3.8, 4) is 0 Å². The molecule has 2 rings (SSSR count). The molecule has 6 N–H and O–H groups in total. The number of aliphatic hydroxyl groups is 6. The van der Waals surface area contributed by atoms with Gasteiger partial charge in [0.1, 0.15) is 62.0 Å². The van der Waals surface area contributed by atoms with Gasteiger partial charge in [-0.15, -0.1) is 0 Å². The molecule has 14 heteroatoms. The number of hydrogen-bond donors (Lipinski definition) is 6. The number of hydrogen-bond acceptors (Lipinski definition) is 14. The van der Waals surface area contributed by atoms with Crippen LogP contribution in [0.5, 0.6) is 0 Å². The summed E-state index contributed by atoms with van der Waals surface area (Å²) in [6, 6.07) is 0. The first kappa shape index (κ1) is 34.7. The van der Waals surface area contributed by atoms with Gasteiger partial charge in [0.2, 0.25) is 0 Å². The van der Waals surface area contributed by atoms with Gasteiger partial charge >= 0.3 is 11.9 Å². The van der Waals surface area contributed by atoms with Crippen LogP contribution >= 0.6 is 0 Å². The molecule has 2 saturated heterocycles. The summed E-state index contributed by atoms with van der Waals surface area (Å²) in [6.07, 6.45) is -9.28. The lowest BCUT2D eigenvalue weighted by molar-refractivity contribution is -0.371. The van der Waals surface area contributed by atoms with Gasteiger partial charge in [-0.25, -0.2) is 0 Å². The second-order valence-corrected chi connectivity index (χ2v) is 10.3. The second-order valence-electron chi connectivity index (χ2n) is 10.3. The molecule has 0 aliphatic carbocycles. The maximum Gasteiger partial charge on any atom is 0.302 e. The maximum absolute atomic E-state index is 11.3. The molecule has 11 atom stereocenters. The van der Waals surface area contributed by atoms with Crippen LogP contribution in [0.15, 0.2) is 0 Å². The van der Waals surface area contributed by atoms with Gasteiger partial charge in [0, 0.05) is 20.5 Å². The Bertz CT molecular complexity index is 753. The molecule has 0 spiro atoms. The number of aliphatic hydroxyl groups excluding tert-OH is 6. The van der Waals surface area contributed by atoms with E-state index in [0.717, 1.165) is 45.4 Å². The lowest BCUT2D eigenvalue weighted by atomic mass is 9.97. The van der Waals surface area contributed by atoms with Crippen LogP contribution in [0.2, 0.25) is 0 Å². The van der Waals surface area contributed by atoms with Crippen LogP contribution in [0.25, 0.3) is 0 Å². The summed E-state index contributed by atoms with van der Waals surface area (Å²) < 4.78 is 33.0. The zero-order valence-corrected chi connectivity index (χ0v) is 23.4. The molecule has 0 aromatic rings. The normalized spacial score (nSPS) is 35.2. The number of ether oxygens (including phenoxy) is 6. The molecule has 0 radical (unpaired) electrons. The van der Waals surface area contributed by atoms with Crippen molar-refractivity contribution in [1.82, 2.24) is 0 Å². The fourth-order valence-corrected chi connectivity index (χ4v) is 4.57. The Kier molecular flexibility index (Phi) is 15.2. The molecule has 0 aromatic carbocycles. The first-order valence-corrected chi connectivity index (χ1v) is 13.9. The monoisotopic (exact) mass is 582 g/mol. The van der Waals surface area contributed by atoms with Gasteiger partial charge in [0.25, 0.3) is 0 Å². The van der Waals surface area contributed by atoms with Gasteiger partial charge in [0.05, 0.1) is 6.10 Å². The third-order valence-electron chi connectivity index (χ3n) is 6.89. The molecule has 2 aliphatic heterocycles. The van der Waals surface area contributed by atoms with Crippen molar-refractivity contribution in [2.75, 3.05) is 19.8 Å². The average Bonchev–Trinajstić information content (AvgIpc) is 2.90. The van der Waals surface area contributed by atoms with Crippen molar-refractivity contribution in [3.63, 3.8) is 0 Å². The van der Waals surface area contributed by atoms with Gasteiger partial charge in [-0.3, -0.25) is 9.59 Å². The van der Waals surface area contributed by atoms with Crippen LogP contribution < -0.4 is 0 Å². The van der Waals surface area contributed by atoms with E-state index >= 15 is 0 Å². The van der Waals surface area contributed by atoms with Crippen molar-refractivity contribution in [2.24, 2.45) is 0 Å². The zero-order valence-electron chi connectivity index (χ0n) is 23.4. The zero-order chi connectivity index (χ0) is 29.8. The summed E-state index contributed by atoms with van der Waals surface area (Å²) in [7, 11) is 0. The van der Waals surface area contributed by atoms with E-state index in [2.05, 4.69) is 0 Å². The van der Waals surface area contributed by atoms with E-state index in [1.807, 2.05) is 0 Å². The van der Waals surface area contributed by atoms with Crippen LogP contribution in [-0.2, 0) is 38.0 Å². The predicted octanol–water partition coefficient (Wildman–Crippen LogP) is -1.12. The molecule has 0 aromatic heterocycles. The second kappa shape index (κ2) is 17.5. The molecule has 40 heavy (non-hydrogen) atoms. The topological polar surface area (TPSA) is 211 Å². The highest BCUT2D eigenvalue weighted by atomic mass is 16.8. The molecule has 2 aliphatic rings. The minimum absolute atomic E-state index is 0.184. The minimum Gasteiger partial charge on any atom is -0.463 e. The number of unbranched alkanes of at least 4 members (excludes halogenated alkanes) is 5. The number of carbonyl (C=O) groups excluding carboxylic acids is 2. The van der Waals surface area contributed by atoms with Gasteiger partial charge in [-0.1, -0.05) is 32.1 Å². The molecule has 2 heterocycles. The molecule has 0 bridgehead atoms. The fraction of sp³-hybridized carbons (Fsp3) is 0.923. The smallest absolute Gasteiger partial charge is 0.302 e. The lowest BCUT2D eigenvalue weighted by Crippen LogP contribution is -2.65. The quantitative estimate of drug-likeness (QED) is 0.0940. The van der Waals surface area contributed by atoms with E-state index in [1.165, 1.54) is 6.92 Å². The van der Waals surface area contributed by atoms with Crippen molar-refractivity contribution < 1.29 is 68.6 Å². The summed E-state index contributed by atoms with van der Waals surface area (Å²) in [6.45, 7) is 3.52. The Morgan fingerprint density at radius 3 is 1.75 bits per heavy atom. The lowest BCUT2D eigenvalue weighted by Gasteiger charge is -2.46. The van der Waals surface area contributed by atoms with E-state index in [0.29, 0.717) is 6.42 Å². The van der Waals surface area contributed by atoms with Gasteiger partial charge < -0.3 is 59.1 Å². The molecule has 14 nitrogen and oxygen atoms in total. The van der Waals surface area contributed by atoms with E-state index in [4.69, 9.17) is 33.5 Å². The van der Waals surface area contributed by atoms with Crippen LogP contribution in [0.4, 0.5) is 0 Å². The molecule has 11 unspecified atom stereocenters. The Labute approximate surface area is 234 Å². The van der Waals surface area contributed by atoms with Gasteiger partial charge in [0.15, 0.2) is 12.6 Å². The third kappa shape index (κ3) is 10.7. The van der Waals surface area contributed by atoms with Crippen LogP contribution in [0.3, 0.4) is 0 Å². The Morgan fingerprint density at radius 1 is 0.700 bits per heavy atom. The molecule has 0 saturated carbocycles. The fourth-order valence-electron chi connectivity index (χ4n) is 4.57. The van der Waals surface area contributed by atoms with Crippen molar-refractivity contribution >= 4 is 11.9 Å². The minimum atomic E-state index is -1.77. The molecule has 234 valence electrons. The van der Waals surface area contributed by atoms with E-state index < -0.39 is 80.0 Å². The summed E-state index contributed by atoms with van der Waals surface area (Å²) in [5.74, 6) is -1.27. The summed E-state index contributed by atoms with van der Waals surface area (Å²) in [5.41, 5.74) is 0. The SMILES string of the molecule is CC(=O)OCC1OC(OC2C(OC(C)CCCCCCCCO)OC(COC(C)=O)C(O)C2O)C(O)C(O)C1O. The van der Waals surface area contributed by atoms with E-state index in [1.54, 1.807) is 6.92 Å². The first-order chi connectivity index (χ1) is 19.0. The van der Waals surface area contributed by atoms with Crippen molar-refractivity contribution in [2.45, 2.75) is 133 Å². The van der Waals surface area contributed by atoms with E-state index in [-0.39, 0.29) is 19.3 Å². The number of carbonyl (C=O) groups is 2. The Morgan fingerprint density at radius 2 is 1.20 bits per heavy atom. The molecule has 0 amide bonds. The summed E-state index contributed by atoms with van der Waals surface area (Å²) in [5, 5.41) is 61.5. The van der Waals surface area contributed by atoms with Crippen molar-refractivity contribution in [3.05, 3.63) is 0 Å². The average molecular weight is 583 g/mol. The largest absolute Gasteiger partial charge is 0.463 e. The Balaban J connectivity index is 2.10. The van der Waals surface area contributed by atoms with Gasteiger partial charge in [-0.05, 0) is 19.8 Å². The van der Waals surface area contributed by atoms with Crippen LogP contribution in [0.1, 0.15) is 65.7 Å². The standard InChI is InChI=1S/C26H46O14/c1-14(10-8-6-4-5-7-9-11-27)37-26-24(22(33)20(31)18(39-26)13-36-16(3)29)40-25-23(34)21(32)19(30)17(38-25)12-35-15(2)28/h14,17-27,30-34H,4-13H2,1-3H3. The highest BCUT2D eigenvalue weighted by Gasteiger charge is 2.51. The highest BCUT2D eigenvalue weighted by molar-refractivity contribution is 5.66. The highest BCUT2D eigenvalue weighted by Crippen LogP contribution is 2.31. The number of rotatable bonds is 16. The summed E-state index contributed by atoms with van der Waals surface area (Å²) >= 11 is 0.